The van der Waals surface area contributed by atoms with Crippen molar-refractivity contribution in [1.82, 2.24) is 4.90 Å². The first-order chi connectivity index (χ1) is 8.47. The van der Waals surface area contributed by atoms with Gasteiger partial charge < -0.3 is 10.0 Å². The number of aryl methyl sites for hydroxylation is 1. The number of carboxylic acid groups (broad SMARTS) is 1. The molecule has 4 heteroatoms. The zero-order valence-corrected chi connectivity index (χ0v) is 11.1. The van der Waals surface area contributed by atoms with E-state index in [2.05, 4.69) is 0 Å². The van der Waals surface area contributed by atoms with E-state index in [-0.39, 0.29) is 18.9 Å². The third kappa shape index (κ3) is 3.32. The molecule has 0 aliphatic rings. The zero-order valence-electron chi connectivity index (χ0n) is 11.1. The molecule has 0 radical (unpaired) electrons. The number of carbonyl (C=O) groups excluding carboxylic acids is 1. The van der Waals surface area contributed by atoms with Crippen LogP contribution in [0.4, 0.5) is 0 Å². The molecule has 4 nitrogen and oxygen atoms in total. The fraction of sp³-hybridized carbons (Fsp3) is 0.429. The van der Waals surface area contributed by atoms with Gasteiger partial charge >= 0.3 is 5.97 Å². The summed E-state index contributed by atoms with van der Waals surface area (Å²) in [7, 11) is 0. The van der Waals surface area contributed by atoms with E-state index in [0.717, 1.165) is 11.1 Å². The molecule has 1 amide bonds. The van der Waals surface area contributed by atoms with E-state index >= 15 is 0 Å². The van der Waals surface area contributed by atoms with Gasteiger partial charge in [-0.3, -0.25) is 9.59 Å². The third-order valence-electron chi connectivity index (χ3n) is 3.10. The molecule has 0 saturated heterocycles. The van der Waals surface area contributed by atoms with Crippen LogP contribution in [0.5, 0.6) is 0 Å². The van der Waals surface area contributed by atoms with Crippen LogP contribution in [0, 0.1) is 13.8 Å². The van der Waals surface area contributed by atoms with Crippen molar-refractivity contribution in [2.45, 2.75) is 27.2 Å². The highest BCUT2D eigenvalue weighted by Gasteiger charge is 2.17. The first kappa shape index (κ1) is 14.2. The molecular weight excluding hydrogens is 230 g/mol. The van der Waals surface area contributed by atoms with E-state index in [1.165, 1.54) is 0 Å². The average Bonchev–Trinajstić information content (AvgIpc) is 2.32. The monoisotopic (exact) mass is 249 g/mol. The normalized spacial score (nSPS) is 10.2. The van der Waals surface area contributed by atoms with E-state index in [0.29, 0.717) is 12.1 Å². The van der Waals surface area contributed by atoms with Gasteiger partial charge in [0.1, 0.15) is 0 Å². The van der Waals surface area contributed by atoms with Gasteiger partial charge in [-0.15, -0.1) is 0 Å². The molecule has 0 aromatic heterocycles. The fourth-order valence-corrected chi connectivity index (χ4v) is 1.79. The average molecular weight is 249 g/mol. The summed E-state index contributed by atoms with van der Waals surface area (Å²) in [4.78, 5) is 24.4. The highest BCUT2D eigenvalue weighted by molar-refractivity contribution is 5.96. The van der Waals surface area contributed by atoms with E-state index in [4.69, 9.17) is 5.11 Å². The molecule has 0 unspecified atom stereocenters. The number of hydrogen-bond acceptors (Lipinski definition) is 2. The Labute approximate surface area is 107 Å². The second kappa shape index (κ2) is 6.19. The summed E-state index contributed by atoms with van der Waals surface area (Å²) in [5.41, 5.74) is 2.67. The molecule has 1 rings (SSSR count). The van der Waals surface area contributed by atoms with Crippen molar-refractivity contribution < 1.29 is 14.7 Å². The minimum absolute atomic E-state index is 0.0234. The summed E-state index contributed by atoms with van der Waals surface area (Å²) in [6.45, 7) is 6.48. The number of carboxylic acids is 1. The summed E-state index contributed by atoms with van der Waals surface area (Å²) in [6, 6.07) is 5.59. The Kier molecular flexibility index (Phi) is 4.89. The smallest absolute Gasteiger partial charge is 0.305 e. The molecule has 0 saturated carbocycles. The molecule has 0 aliphatic heterocycles. The summed E-state index contributed by atoms with van der Waals surface area (Å²) < 4.78 is 0. The van der Waals surface area contributed by atoms with E-state index in [1.54, 1.807) is 11.0 Å². The molecule has 0 fully saturated rings. The quantitative estimate of drug-likeness (QED) is 0.870. The van der Waals surface area contributed by atoms with Crippen molar-refractivity contribution >= 4 is 11.9 Å². The molecule has 1 aromatic rings. The number of hydrogen-bond donors (Lipinski definition) is 1. The number of nitrogens with zero attached hydrogens (tertiary/aromatic N) is 1. The van der Waals surface area contributed by atoms with Crippen LogP contribution in [-0.4, -0.2) is 35.0 Å². The van der Waals surface area contributed by atoms with Gasteiger partial charge in [0.25, 0.3) is 5.91 Å². The van der Waals surface area contributed by atoms with Crippen LogP contribution in [0.25, 0.3) is 0 Å². The molecule has 98 valence electrons. The maximum atomic E-state index is 12.3. The van der Waals surface area contributed by atoms with Crippen LogP contribution in [-0.2, 0) is 4.79 Å². The van der Waals surface area contributed by atoms with Gasteiger partial charge in [0.15, 0.2) is 0 Å². The predicted molar refractivity (Wildman–Crippen MR) is 69.7 cm³/mol. The summed E-state index contributed by atoms with van der Waals surface area (Å²) in [5, 5.41) is 8.67. The third-order valence-corrected chi connectivity index (χ3v) is 3.10. The van der Waals surface area contributed by atoms with E-state index in [1.807, 2.05) is 32.9 Å². The first-order valence-corrected chi connectivity index (χ1v) is 6.04. The van der Waals surface area contributed by atoms with Gasteiger partial charge in [0.2, 0.25) is 0 Å². The number of aliphatic carboxylic acids is 1. The topological polar surface area (TPSA) is 57.6 Å². The Morgan fingerprint density at radius 1 is 1.28 bits per heavy atom. The van der Waals surface area contributed by atoms with Crippen LogP contribution in [0.2, 0.25) is 0 Å². The fourth-order valence-electron chi connectivity index (χ4n) is 1.79. The molecule has 1 aromatic carbocycles. The minimum Gasteiger partial charge on any atom is -0.481 e. The highest BCUT2D eigenvalue weighted by Crippen LogP contribution is 2.15. The highest BCUT2D eigenvalue weighted by atomic mass is 16.4. The van der Waals surface area contributed by atoms with E-state index in [9.17, 15) is 9.59 Å². The van der Waals surface area contributed by atoms with Crippen LogP contribution in [0.3, 0.4) is 0 Å². The lowest BCUT2D eigenvalue weighted by molar-refractivity contribution is -0.137. The Balaban J connectivity index is 2.89. The summed E-state index contributed by atoms with van der Waals surface area (Å²) in [6.07, 6.45) is -0.0234. The van der Waals surface area contributed by atoms with Crippen molar-refractivity contribution in [2.24, 2.45) is 0 Å². The maximum Gasteiger partial charge on any atom is 0.305 e. The largest absolute Gasteiger partial charge is 0.481 e. The van der Waals surface area contributed by atoms with Crippen LogP contribution in [0.15, 0.2) is 18.2 Å². The van der Waals surface area contributed by atoms with Gasteiger partial charge in [-0.25, -0.2) is 0 Å². The van der Waals surface area contributed by atoms with Gasteiger partial charge in [0, 0.05) is 18.7 Å². The Morgan fingerprint density at radius 2 is 1.94 bits per heavy atom. The van der Waals surface area contributed by atoms with Gasteiger partial charge in [-0.05, 0) is 38.0 Å². The van der Waals surface area contributed by atoms with E-state index < -0.39 is 5.97 Å². The molecular formula is C14H19NO3. The van der Waals surface area contributed by atoms with Crippen molar-refractivity contribution in [2.75, 3.05) is 13.1 Å². The van der Waals surface area contributed by atoms with Crippen molar-refractivity contribution in [3.8, 4) is 0 Å². The summed E-state index contributed by atoms with van der Waals surface area (Å²) >= 11 is 0. The lowest BCUT2D eigenvalue weighted by atomic mass is 10.0. The Hall–Kier alpha value is -1.84. The summed E-state index contributed by atoms with van der Waals surface area (Å²) in [5.74, 6) is -0.984. The van der Waals surface area contributed by atoms with Gasteiger partial charge in [-0.2, -0.15) is 0 Å². The number of carbonyl (C=O) groups is 2. The predicted octanol–water partition coefficient (Wildman–Crippen LogP) is 2.24. The molecule has 18 heavy (non-hydrogen) atoms. The van der Waals surface area contributed by atoms with Gasteiger partial charge in [0.05, 0.1) is 6.42 Å². The standard InChI is InChI=1S/C14H19NO3/c1-4-15(9-8-13(16)17)14(18)12-7-5-6-10(2)11(12)3/h5-7H,4,8-9H2,1-3H3,(H,16,17). The first-order valence-electron chi connectivity index (χ1n) is 6.04. The number of benzene rings is 1. The molecule has 0 spiro atoms. The maximum absolute atomic E-state index is 12.3. The SMILES string of the molecule is CCN(CCC(=O)O)C(=O)c1cccc(C)c1C. The number of amides is 1. The van der Waals surface area contributed by atoms with Gasteiger partial charge in [-0.1, -0.05) is 12.1 Å². The second-order valence-electron chi connectivity index (χ2n) is 4.28. The van der Waals surface area contributed by atoms with Crippen LogP contribution >= 0.6 is 0 Å². The molecule has 0 heterocycles. The Bertz CT molecular complexity index is 454. The van der Waals surface area contributed by atoms with Crippen LogP contribution in [0.1, 0.15) is 34.8 Å². The minimum atomic E-state index is -0.887. The molecule has 0 atom stereocenters. The van der Waals surface area contributed by atoms with Crippen molar-refractivity contribution in [3.05, 3.63) is 34.9 Å². The van der Waals surface area contributed by atoms with Crippen molar-refractivity contribution in [3.63, 3.8) is 0 Å². The number of rotatable bonds is 5. The second-order valence-corrected chi connectivity index (χ2v) is 4.28. The molecule has 1 N–H and O–H groups in total. The zero-order chi connectivity index (χ0) is 13.7. The molecule has 0 aliphatic carbocycles. The lowest BCUT2D eigenvalue weighted by Gasteiger charge is -2.21. The lowest BCUT2D eigenvalue weighted by Crippen LogP contribution is -2.33. The Morgan fingerprint density at radius 3 is 2.50 bits per heavy atom. The molecule has 0 bridgehead atoms. The van der Waals surface area contributed by atoms with Crippen LogP contribution < -0.4 is 0 Å². The van der Waals surface area contributed by atoms with Crippen molar-refractivity contribution in [1.29, 1.82) is 0 Å².